The number of aromatic nitrogens is 1. The summed E-state index contributed by atoms with van der Waals surface area (Å²) in [6.45, 7) is 11.8. The quantitative estimate of drug-likeness (QED) is 0.869. The number of rotatable bonds is 6. The van der Waals surface area contributed by atoms with E-state index >= 15 is 0 Å². The molecule has 1 unspecified atom stereocenters. The first-order chi connectivity index (χ1) is 9.29. The molecular weight excluding hydrogens is 268 g/mol. The van der Waals surface area contributed by atoms with Crippen LogP contribution in [0, 0.1) is 5.92 Å². The Morgan fingerprint density at radius 1 is 1.40 bits per heavy atom. The van der Waals surface area contributed by atoms with Crippen molar-refractivity contribution in [3.05, 3.63) is 16.1 Å². The average molecular weight is 296 g/mol. The Hall–Kier alpha value is -0.450. The number of methoxy groups -OCH3 is 1. The van der Waals surface area contributed by atoms with Crippen LogP contribution in [0.2, 0.25) is 0 Å². The molecule has 0 spiro atoms. The van der Waals surface area contributed by atoms with Crippen molar-refractivity contribution < 1.29 is 4.74 Å². The fourth-order valence-corrected chi connectivity index (χ4v) is 3.73. The van der Waals surface area contributed by atoms with Gasteiger partial charge in [-0.3, -0.25) is 0 Å². The third-order valence-electron chi connectivity index (χ3n) is 4.05. The van der Waals surface area contributed by atoms with E-state index in [0.29, 0.717) is 18.6 Å². The van der Waals surface area contributed by atoms with Crippen molar-refractivity contribution >= 4 is 11.3 Å². The Labute approximate surface area is 127 Å². The van der Waals surface area contributed by atoms with Crippen LogP contribution in [0.25, 0.3) is 0 Å². The van der Waals surface area contributed by atoms with Crippen LogP contribution < -0.4 is 5.32 Å². The Morgan fingerprint density at radius 2 is 2.05 bits per heavy atom. The topological polar surface area (TPSA) is 34.1 Å². The van der Waals surface area contributed by atoms with E-state index in [0.717, 1.165) is 0 Å². The summed E-state index contributed by atoms with van der Waals surface area (Å²) in [6.07, 6.45) is 2.55. The third kappa shape index (κ3) is 3.23. The van der Waals surface area contributed by atoms with Gasteiger partial charge >= 0.3 is 0 Å². The second-order valence-corrected chi connectivity index (χ2v) is 8.12. The van der Waals surface area contributed by atoms with Crippen molar-refractivity contribution in [2.24, 2.45) is 5.92 Å². The van der Waals surface area contributed by atoms with Crippen LogP contribution in [0.3, 0.4) is 0 Å². The second-order valence-electron chi connectivity index (χ2n) is 7.27. The van der Waals surface area contributed by atoms with Gasteiger partial charge in [-0.05, 0) is 18.8 Å². The van der Waals surface area contributed by atoms with Crippen LogP contribution in [-0.4, -0.2) is 24.7 Å². The van der Waals surface area contributed by atoms with Crippen molar-refractivity contribution in [3.8, 4) is 0 Å². The number of hydrogen-bond donors (Lipinski definition) is 1. The molecular formula is C16H28N2OS. The monoisotopic (exact) mass is 296 g/mol. The predicted octanol–water partition coefficient (Wildman–Crippen LogP) is 3.69. The lowest BCUT2D eigenvalue weighted by atomic mass is 9.87. The SMILES string of the molecule is COCC(NC1CC1)(c1nc(C(C)(C)C)cs1)C(C)C. The van der Waals surface area contributed by atoms with Crippen LogP contribution in [0.1, 0.15) is 58.2 Å². The van der Waals surface area contributed by atoms with Gasteiger partial charge in [0.2, 0.25) is 0 Å². The first-order valence-electron chi connectivity index (χ1n) is 7.52. The van der Waals surface area contributed by atoms with E-state index in [1.807, 2.05) is 0 Å². The van der Waals surface area contributed by atoms with Gasteiger partial charge in [0.05, 0.1) is 17.8 Å². The van der Waals surface area contributed by atoms with Crippen LogP contribution >= 0.6 is 11.3 Å². The van der Waals surface area contributed by atoms with Crippen LogP contribution in [0.15, 0.2) is 5.38 Å². The van der Waals surface area contributed by atoms with Crippen molar-refractivity contribution in [2.75, 3.05) is 13.7 Å². The molecule has 1 aliphatic carbocycles. The van der Waals surface area contributed by atoms with Crippen molar-refractivity contribution in [1.82, 2.24) is 10.3 Å². The van der Waals surface area contributed by atoms with Gasteiger partial charge in [0, 0.05) is 23.9 Å². The fourth-order valence-electron chi connectivity index (χ4n) is 2.39. The number of nitrogens with one attached hydrogen (secondary N) is 1. The molecule has 1 aliphatic rings. The van der Waals surface area contributed by atoms with Gasteiger partial charge in [-0.15, -0.1) is 11.3 Å². The molecule has 3 nitrogen and oxygen atoms in total. The lowest BCUT2D eigenvalue weighted by Crippen LogP contribution is -2.51. The van der Waals surface area contributed by atoms with Gasteiger partial charge in [-0.1, -0.05) is 34.6 Å². The summed E-state index contributed by atoms with van der Waals surface area (Å²) in [5, 5.41) is 7.19. The molecule has 1 aromatic rings. The Balaban J connectivity index is 2.35. The van der Waals surface area contributed by atoms with Crippen LogP contribution in [0.5, 0.6) is 0 Å². The van der Waals surface area contributed by atoms with Gasteiger partial charge in [-0.2, -0.15) is 0 Å². The molecule has 0 aromatic carbocycles. The van der Waals surface area contributed by atoms with E-state index in [2.05, 4.69) is 45.3 Å². The Kier molecular flexibility index (Phi) is 4.57. The fraction of sp³-hybridized carbons (Fsp3) is 0.812. The minimum atomic E-state index is -0.149. The molecule has 4 heteroatoms. The van der Waals surface area contributed by atoms with E-state index in [1.54, 1.807) is 18.4 Å². The summed E-state index contributed by atoms with van der Waals surface area (Å²) >= 11 is 1.77. The Morgan fingerprint density at radius 3 is 2.45 bits per heavy atom. The van der Waals surface area contributed by atoms with Gasteiger partial charge in [0.1, 0.15) is 5.01 Å². The second kappa shape index (κ2) is 5.74. The average Bonchev–Trinajstić information content (AvgIpc) is 2.99. The van der Waals surface area contributed by atoms with Gasteiger partial charge < -0.3 is 10.1 Å². The van der Waals surface area contributed by atoms with Gasteiger partial charge in [0.15, 0.2) is 0 Å². The van der Waals surface area contributed by atoms with Crippen LogP contribution in [-0.2, 0) is 15.7 Å². The molecule has 2 rings (SSSR count). The standard InChI is InChI=1S/C16H28N2OS/c1-11(2)16(10-19-6,18-12-7-8-12)14-17-13(9-20-14)15(3,4)5/h9,11-12,18H,7-8,10H2,1-6H3. The third-order valence-corrected chi connectivity index (χ3v) is 5.07. The minimum absolute atomic E-state index is 0.101. The number of ether oxygens (including phenoxy) is 1. The molecule has 1 heterocycles. The molecule has 1 atom stereocenters. The largest absolute Gasteiger partial charge is 0.382 e. The zero-order valence-electron chi connectivity index (χ0n) is 13.6. The molecule has 0 bridgehead atoms. The summed E-state index contributed by atoms with van der Waals surface area (Å²) in [5.41, 5.74) is 1.13. The van der Waals surface area contributed by atoms with Crippen molar-refractivity contribution in [2.45, 2.75) is 64.5 Å². The molecule has 0 aliphatic heterocycles. The molecule has 1 fully saturated rings. The maximum Gasteiger partial charge on any atom is 0.116 e. The Bertz CT molecular complexity index is 446. The van der Waals surface area contributed by atoms with E-state index < -0.39 is 0 Å². The van der Waals surface area contributed by atoms with Crippen molar-refractivity contribution in [1.29, 1.82) is 0 Å². The highest BCUT2D eigenvalue weighted by Crippen LogP contribution is 2.37. The first-order valence-corrected chi connectivity index (χ1v) is 8.40. The lowest BCUT2D eigenvalue weighted by Gasteiger charge is -2.36. The highest BCUT2D eigenvalue weighted by atomic mass is 32.1. The highest BCUT2D eigenvalue weighted by Gasteiger charge is 2.43. The highest BCUT2D eigenvalue weighted by molar-refractivity contribution is 7.09. The molecule has 0 saturated heterocycles. The van der Waals surface area contributed by atoms with E-state index in [1.165, 1.54) is 23.5 Å². The summed E-state index contributed by atoms with van der Waals surface area (Å²) < 4.78 is 5.55. The van der Waals surface area contributed by atoms with Gasteiger partial charge in [-0.25, -0.2) is 4.98 Å². The molecule has 1 saturated carbocycles. The first kappa shape index (κ1) is 15.9. The summed E-state index contributed by atoms with van der Waals surface area (Å²) in [4.78, 5) is 4.95. The molecule has 1 aromatic heterocycles. The molecule has 20 heavy (non-hydrogen) atoms. The summed E-state index contributed by atoms with van der Waals surface area (Å²) in [7, 11) is 1.78. The number of hydrogen-bond acceptors (Lipinski definition) is 4. The van der Waals surface area contributed by atoms with E-state index in [4.69, 9.17) is 9.72 Å². The zero-order valence-corrected chi connectivity index (χ0v) is 14.4. The normalized spacial score (nSPS) is 19.4. The minimum Gasteiger partial charge on any atom is -0.382 e. The zero-order chi connectivity index (χ0) is 15.0. The van der Waals surface area contributed by atoms with Crippen molar-refractivity contribution in [3.63, 3.8) is 0 Å². The van der Waals surface area contributed by atoms with E-state index in [9.17, 15) is 0 Å². The molecule has 1 N–H and O–H groups in total. The van der Waals surface area contributed by atoms with Gasteiger partial charge in [0.25, 0.3) is 0 Å². The van der Waals surface area contributed by atoms with Crippen LogP contribution in [0.4, 0.5) is 0 Å². The molecule has 0 radical (unpaired) electrons. The lowest BCUT2D eigenvalue weighted by molar-refractivity contribution is 0.0743. The molecule has 0 amide bonds. The smallest absolute Gasteiger partial charge is 0.116 e. The number of thiazole rings is 1. The predicted molar refractivity (Wildman–Crippen MR) is 85.4 cm³/mol. The maximum atomic E-state index is 5.55. The summed E-state index contributed by atoms with van der Waals surface area (Å²) in [5.74, 6) is 0.446. The summed E-state index contributed by atoms with van der Waals surface area (Å²) in [6, 6.07) is 0.634. The van der Waals surface area contributed by atoms with E-state index in [-0.39, 0.29) is 11.0 Å². The number of nitrogens with zero attached hydrogens (tertiary/aromatic N) is 1. The molecule has 114 valence electrons. The maximum absolute atomic E-state index is 5.55.